The van der Waals surface area contributed by atoms with Crippen molar-refractivity contribution >= 4 is 11.8 Å². The monoisotopic (exact) mass is 260 g/mol. The quantitative estimate of drug-likeness (QED) is 0.791. The second-order valence-corrected chi connectivity index (χ2v) is 5.05. The molecule has 3 rings (SSSR count). The summed E-state index contributed by atoms with van der Waals surface area (Å²) in [7, 11) is 0. The minimum atomic E-state index is -0.195. The first kappa shape index (κ1) is 12.1. The molecule has 1 aromatic heterocycles. The van der Waals surface area contributed by atoms with Crippen molar-refractivity contribution in [3.8, 4) is 0 Å². The van der Waals surface area contributed by atoms with Crippen LogP contribution in [-0.2, 0) is 4.79 Å². The molecule has 6 nitrogen and oxygen atoms in total. The molecule has 6 heteroatoms. The van der Waals surface area contributed by atoms with Crippen molar-refractivity contribution < 1.29 is 9.59 Å². The highest BCUT2D eigenvalue weighted by atomic mass is 16.2. The first-order chi connectivity index (χ1) is 9.25. The molecule has 19 heavy (non-hydrogen) atoms. The summed E-state index contributed by atoms with van der Waals surface area (Å²) in [6.45, 7) is 0.122. The van der Waals surface area contributed by atoms with Gasteiger partial charge >= 0.3 is 0 Å². The van der Waals surface area contributed by atoms with Crippen LogP contribution < -0.4 is 5.32 Å². The van der Waals surface area contributed by atoms with Crippen LogP contribution in [0.25, 0.3) is 0 Å². The van der Waals surface area contributed by atoms with Crippen LogP contribution in [0.5, 0.6) is 0 Å². The number of amides is 2. The largest absolute Gasteiger partial charge is 0.350 e. The predicted octanol–water partition coefficient (Wildman–Crippen LogP) is 0.360. The number of hydrogen-bond acceptors (Lipinski definition) is 4. The molecule has 1 saturated carbocycles. The number of carbonyl (C=O) groups is 2. The van der Waals surface area contributed by atoms with Crippen LogP contribution in [0.1, 0.15) is 36.2 Å². The third-order valence-corrected chi connectivity index (χ3v) is 3.83. The van der Waals surface area contributed by atoms with Gasteiger partial charge in [0.05, 0.1) is 12.2 Å². The van der Waals surface area contributed by atoms with Crippen molar-refractivity contribution in [2.24, 2.45) is 0 Å². The second kappa shape index (κ2) is 4.95. The maximum Gasteiger partial charge on any atom is 0.274 e. The van der Waals surface area contributed by atoms with Gasteiger partial charge < -0.3 is 10.2 Å². The summed E-state index contributed by atoms with van der Waals surface area (Å²) in [6, 6.07) is 0.191. The number of rotatable bonds is 1. The Bertz CT molecular complexity index is 491. The molecule has 0 bridgehead atoms. The number of carbonyl (C=O) groups excluding carboxylic acids is 2. The number of nitrogens with one attached hydrogen (secondary N) is 1. The molecule has 100 valence electrons. The maximum atomic E-state index is 12.4. The Balaban J connectivity index is 1.85. The van der Waals surface area contributed by atoms with Crippen LogP contribution in [0.4, 0.5) is 0 Å². The molecule has 2 amide bonds. The van der Waals surface area contributed by atoms with Crippen LogP contribution in [0, 0.1) is 0 Å². The van der Waals surface area contributed by atoms with Crippen LogP contribution in [0.3, 0.4) is 0 Å². The van der Waals surface area contributed by atoms with Crippen molar-refractivity contribution in [3.05, 3.63) is 24.3 Å². The molecule has 2 atom stereocenters. The minimum absolute atomic E-state index is 0.0830. The van der Waals surface area contributed by atoms with E-state index in [2.05, 4.69) is 15.3 Å². The van der Waals surface area contributed by atoms with Crippen LogP contribution in [-0.4, -0.2) is 45.3 Å². The van der Waals surface area contributed by atoms with Crippen LogP contribution in [0.15, 0.2) is 18.6 Å². The average Bonchev–Trinajstić information content (AvgIpc) is 2.46. The van der Waals surface area contributed by atoms with Gasteiger partial charge in [-0.1, -0.05) is 12.8 Å². The fourth-order valence-corrected chi connectivity index (χ4v) is 2.96. The molecule has 2 aliphatic rings. The third-order valence-electron chi connectivity index (χ3n) is 3.83. The number of piperazine rings is 1. The summed E-state index contributed by atoms with van der Waals surface area (Å²) < 4.78 is 0. The smallest absolute Gasteiger partial charge is 0.274 e. The molecule has 0 aromatic carbocycles. The van der Waals surface area contributed by atoms with Crippen LogP contribution in [0.2, 0.25) is 0 Å². The predicted molar refractivity (Wildman–Crippen MR) is 67.3 cm³/mol. The summed E-state index contributed by atoms with van der Waals surface area (Å²) >= 11 is 0. The van der Waals surface area contributed by atoms with Crippen molar-refractivity contribution in [2.45, 2.75) is 37.8 Å². The van der Waals surface area contributed by atoms with Crippen molar-refractivity contribution in [3.63, 3.8) is 0 Å². The number of nitrogens with zero attached hydrogens (tertiary/aromatic N) is 3. The zero-order chi connectivity index (χ0) is 13.2. The summed E-state index contributed by atoms with van der Waals surface area (Å²) in [4.78, 5) is 33.8. The van der Waals surface area contributed by atoms with E-state index in [1.165, 1.54) is 18.6 Å². The lowest BCUT2D eigenvalue weighted by Gasteiger charge is -2.43. The SMILES string of the molecule is O=C1CN(C(=O)c2cnccn2)[C@H]2CCCC[C@@H]2N1. The Hall–Kier alpha value is -1.98. The van der Waals surface area contributed by atoms with Gasteiger partial charge in [0, 0.05) is 18.4 Å². The van der Waals surface area contributed by atoms with Gasteiger partial charge in [-0.2, -0.15) is 0 Å². The fraction of sp³-hybridized carbons (Fsp3) is 0.538. The Labute approximate surface area is 111 Å². The summed E-state index contributed by atoms with van der Waals surface area (Å²) in [5, 5.41) is 2.99. The van der Waals surface area contributed by atoms with E-state index < -0.39 is 0 Å². The van der Waals surface area contributed by atoms with Gasteiger partial charge in [0.25, 0.3) is 5.91 Å². The van der Waals surface area contributed by atoms with Gasteiger partial charge in [0.1, 0.15) is 12.2 Å². The van der Waals surface area contributed by atoms with Crippen molar-refractivity contribution in [2.75, 3.05) is 6.54 Å². The fourth-order valence-electron chi connectivity index (χ4n) is 2.96. The molecule has 1 aliphatic carbocycles. The summed E-state index contributed by atoms with van der Waals surface area (Å²) in [5.41, 5.74) is 0.307. The highest BCUT2D eigenvalue weighted by Gasteiger charge is 2.39. The third kappa shape index (κ3) is 2.30. The van der Waals surface area contributed by atoms with Gasteiger partial charge in [-0.3, -0.25) is 14.6 Å². The normalized spacial score (nSPS) is 26.5. The Kier molecular flexibility index (Phi) is 3.15. The molecular weight excluding hydrogens is 244 g/mol. The van der Waals surface area contributed by atoms with E-state index in [4.69, 9.17) is 0 Å². The van der Waals surface area contributed by atoms with Gasteiger partial charge in [0.15, 0.2) is 0 Å². The molecule has 2 fully saturated rings. The van der Waals surface area contributed by atoms with Crippen molar-refractivity contribution in [1.29, 1.82) is 0 Å². The maximum absolute atomic E-state index is 12.4. The first-order valence-electron chi connectivity index (χ1n) is 6.62. The van der Waals surface area contributed by atoms with Crippen molar-refractivity contribution in [1.82, 2.24) is 20.2 Å². The van der Waals surface area contributed by atoms with Gasteiger partial charge in [-0.25, -0.2) is 4.98 Å². The summed E-state index contributed by atoms with van der Waals surface area (Å²) in [5.74, 6) is -0.278. The molecule has 1 saturated heterocycles. The first-order valence-corrected chi connectivity index (χ1v) is 6.62. The highest BCUT2D eigenvalue weighted by molar-refractivity contribution is 5.95. The van der Waals surface area contributed by atoms with E-state index in [0.717, 1.165) is 25.7 Å². The topological polar surface area (TPSA) is 75.2 Å². The molecule has 0 unspecified atom stereocenters. The highest BCUT2D eigenvalue weighted by Crippen LogP contribution is 2.26. The molecule has 1 aliphatic heterocycles. The van der Waals surface area contributed by atoms with Crippen LogP contribution >= 0.6 is 0 Å². The number of aromatic nitrogens is 2. The molecular formula is C13H16N4O2. The average molecular weight is 260 g/mol. The van der Waals surface area contributed by atoms with E-state index in [0.29, 0.717) is 5.69 Å². The Morgan fingerprint density at radius 2 is 2.16 bits per heavy atom. The lowest BCUT2D eigenvalue weighted by Crippen LogP contribution is -2.63. The molecule has 0 spiro atoms. The molecule has 2 heterocycles. The van der Waals surface area contributed by atoms with E-state index in [1.807, 2.05) is 0 Å². The van der Waals surface area contributed by atoms with Gasteiger partial charge in [-0.15, -0.1) is 0 Å². The Morgan fingerprint density at radius 1 is 1.32 bits per heavy atom. The molecule has 1 aromatic rings. The minimum Gasteiger partial charge on any atom is -0.350 e. The molecule has 1 N–H and O–H groups in total. The van der Waals surface area contributed by atoms with E-state index in [1.54, 1.807) is 4.90 Å². The van der Waals surface area contributed by atoms with Gasteiger partial charge in [-0.05, 0) is 12.8 Å². The standard InChI is InChI=1S/C13H16N4O2/c18-12-8-17(11-4-2-1-3-9(11)16-12)13(19)10-7-14-5-6-15-10/h5-7,9,11H,1-4,8H2,(H,16,18)/t9-,11-/m0/s1. The summed E-state index contributed by atoms with van der Waals surface area (Å²) in [6.07, 6.45) is 8.57. The van der Waals surface area contributed by atoms with E-state index in [-0.39, 0.29) is 30.4 Å². The van der Waals surface area contributed by atoms with Gasteiger partial charge in [0.2, 0.25) is 5.91 Å². The second-order valence-electron chi connectivity index (χ2n) is 5.05. The number of fused-ring (bicyclic) bond motifs is 1. The lowest BCUT2D eigenvalue weighted by molar-refractivity contribution is -0.127. The Morgan fingerprint density at radius 3 is 2.95 bits per heavy atom. The van der Waals surface area contributed by atoms with E-state index >= 15 is 0 Å². The lowest BCUT2D eigenvalue weighted by atomic mass is 9.87. The zero-order valence-corrected chi connectivity index (χ0v) is 10.6. The number of hydrogen-bond donors (Lipinski definition) is 1. The zero-order valence-electron chi connectivity index (χ0n) is 10.6. The van der Waals surface area contributed by atoms with E-state index in [9.17, 15) is 9.59 Å². The molecule has 0 radical (unpaired) electrons.